The van der Waals surface area contributed by atoms with Crippen molar-refractivity contribution in [1.82, 2.24) is 0 Å². The number of hydrogen-bond acceptors (Lipinski definition) is 7. The Morgan fingerprint density at radius 1 is 0.569 bits per heavy atom. The highest BCUT2D eigenvalue weighted by atomic mass is 31.2. The summed E-state index contributed by atoms with van der Waals surface area (Å²) in [6, 6.07) is 0. The van der Waals surface area contributed by atoms with Crippen molar-refractivity contribution in [1.29, 1.82) is 0 Å². The van der Waals surface area contributed by atoms with Crippen LogP contribution in [0.25, 0.3) is 0 Å². The van der Waals surface area contributed by atoms with Crippen LogP contribution in [0, 0.1) is 0 Å². The molecule has 0 aliphatic rings. The van der Waals surface area contributed by atoms with Gasteiger partial charge in [0.05, 0.1) is 19.6 Å². The number of carbonyl (C=O) groups is 2. The highest BCUT2D eigenvalue weighted by Gasteiger charge is 2.25. The maximum atomic E-state index is 12.4. The van der Waals surface area contributed by atoms with Crippen molar-refractivity contribution in [2.75, 3.05) is 19.8 Å². The average molecular weight is 733 g/mol. The van der Waals surface area contributed by atoms with E-state index < -0.39 is 32.5 Å². The first kappa shape index (κ1) is 48.2. The van der Waals surface area contributed by atoms with Crippen molar-refractivity contribution in [2.24, 2.45) is 0 Å². The molecule has 0 aromatic carbocycles. The molecule has 0 heterocycles. The molecule has 51 heavy (non-hydrogen) atoms. The first-order valence-electron chi connectivity index (χ1n) is 19.4. The number of esters is 2. The molecule has 9 heteroatoms. The standard InChI is InChI=1S/C42H69O8P/c1-4-7-9-11-13-15-17-19-21-23-24-26-28-30-32-34-36-41(43)47-38-40(39-49-51(45,46)48-6-3)50-42(44)37-35-33-31-29-27-25-22-20-18-16-14-12-10-8-5-2/h8,10,14-17,20-23,27,29,33,35,40H,4-7,9,11-13,18-19,24-26,28,30-32,34,36-39H2,1-3H3,(H,45,46)/b10-8-,16-14-,17-15-,22-20-,23-21-,29-27-,35-33-. The number of ether oxygens (including phenoxy) is 2. The van der Waals surface area contributed by atoms with Gasteiger partial charge in [0.2, 0.25) is 0 Å². The van der Waals surface area contributed by atoms with Crippen molar-refractivity contribution < 1.29 is 37.6 Å². The second-order valence-electron chi connectivity index (χ2n) is 12.2. The van der Waals surface area contributed by atoms with Gasteiger partial charge in [-0.05, 0) is 77.6 Å². The van der Waals surface area contributed by atoms with Crippen LogP contribution in [0.2, 0.25) is 0 Å². The van der Waals surface area contributed by atoms with E-state index >= 15 is 0 Å². The molecular formula is C42H69O8P. The van der Waals surface area contributed by atoms with Gasteiger partial charge < -0.3 is 14.4 Å². The van der Waals surface area contributed by atoms with Gasteiger partial charge in [-0.25, -0.2) is 4.57 Å². The minimum atomic E-state index is -4.31. The van der Waals surface area contributed by atoms with Crippen molar-refractivity contribution in [3.63, 3.8) is 0 Å². The van der Waals surface area contributed by atoms with Crippen LogP contribution in [0.4, 0.5) is 0 Å². The highest BCUT2D eigenvalue weighted by molar-refractivity contribution is 7.47. The lowest BCUT2D eigenvalue weighted by molar-refractivity contribution is -0.160. The van der Waals surface area contributed by atoms with Gasteiger partial charge in [0.1, 0.15) is 6.61 Å². The molecule has 290 valence electrons. The summed E-state index contributed by atoms with van der Waals surface area (Å²) in [5.41, 5.74) is 0. The van der Waals surface area contributed by atoms with Crippen molar-refractivity contribution in [3.8, 4) is 0 Å². The van der Waals surface area contributed by atoms with Gasteiger partial charge in [0.15, 0.2) is 6.10 Å². The maximum Gasteiger partial charge on any atom is 0.472 e. The summed E-state index contributed by atoms with van der Waals surface area (Å²) >= 11 is 0. The smallest absolute Gasteiger partial charge is 0.462 e. The van der Waals surface area contributed by atoms with E-state index in [9.17, 15) is 19.0 Å². The second-order valence-corrected chi connectivity index (χ2v) is 13.7. The fourth-order valence-electron chi connectivity index (χ4n) is 4.67. The molecule has 0 aliphatic carbocycles. The number of unbranched alkanes of at least 4 members (excludes halogenated alkanes) is 9. The Kier molecular flexibility index (Phi) is 35.0. The Balaban J connectivity index is 4.32. The van der Waals surface area contributed by atoms with E-state index in [-0.39, 0.29) is 26.1 Å². The van der Waals surface area contributed by atoms with E-state index in [1.54, 1.807) is 13.0 Å². The fraction of sp³-hybridized carbons (Fsp3) is 0.619. The van der Waals surface area contributed by atoms with Gasteiger partial charge in [0, 0.05) is 6.42 Å². The fourth-order valence-corrected chi connectivity index (χ4v) is 5.43. The molecule has 1 N–H and O–H groups in total. The quantitative estimate of drug-likeness (QED) is 0.0301. The first-order valence-corrected chi connectivity index (χ1v) is 20.9. The topological polar surface area (TPSA) is 108 Å². The van der Waals surface area contributed by atoms with Gasteiger partial charge in [-0.1, -0.05) is 137 Å². The van der Waals surface area contributed by atoms with Gasteiger partial charge in [-0.3, -0.25) is 18.6 Å². The van der Waals surface area contributed by atoms with E-state index in [1.807, 2.05) is 12.2 Å². The van der Waals surface area contributed by atoms with Crippen LogP contribution in [0.1, 0.15) is 143 Å². The summed E-state index contributed by atoms with van der Waals surface area (Å²) in [5.74, 6) is -0.971. The zero-order valence-electron chi connectivity index (χ0n) is 32.0. The highest BCUT2D eigenvalue weighted by Crippen LogP contribution is 2.43. The van der Waals surface area contributed by atoms with Gasteiger partial charge in [-0.15, -0.1) is 0 Å². The SMILES string of the molecule is CC/C=C\C/C=C\C/C=C\C/C=C\C/C=C\CC(=O)OC(COC(=O)CCCCCCC/C=C\C/C=C\CCCCCC)COP(=O)(O)OCC. The Bertz CT molecular complexity index is 1100. The van der Waals surface area contributed by atoms with E-state index in [0.29, 0.717) is 12.8 Å². The number of rotatable bonds is 34. The summed E-state index contributed by atoms with van der Waals surface area (Å²) in [7, 11) is -4.31. The summed E-state index contributed by atoms with van der Waals surface area (Å²) in [5, 5.41) is 0. The van der Waals surface area contributed by atoms with Gasteiger partial charge in [0.25, 0.3) is 0 Å². The Hall–Kier alpha value is -2.77. The summed E-state index contributed by atoms with van der Waals surface area (Å²) < 4.78 is 32.4. The molecule has 0 saturated heterocycles. The zero-order valence-corrected chi connectivity index (χ0v) is 32.9. The summed E-state index contributed by atoms with van der Waals surface area (Å²) in [6.45, 7) is 5.18. The predicted molar refractivity (Wildman–Crippen MR) is 211 cm³/mol. The Morgan fingerprint density at radius 3 is 1.61 bits per heavy atom. The number of phosphoric acid groups is 1. The molecule has 0 spiro atoms. The van der Waals surface area contributed by atoms with Gasteiger partial charge >= 0.3 is 19.8 Å². The Morgan fingerprint density at radius 2 is 1.06 bits per heavy atom. The van der Waals surface area contributed by atoms with E-state index in [1.165, 1.54) is 32.1 Å². The summed E-state index contributed by atoms with van der Waals surface area (Å²) in [6.07, 6.45) is 46.6. The second kappa shape index (κ2) is 37.0. The van der Waals surface area contributed by atoms with Crippen molar-refractivity contribution >= 4 is 19.8 Å². The van der Waals surface area contributed by atoms with E-state index in [0.717, 1.165) is 64.2 Å². The molecule has 2 unspecified atom stereocenters. The third-order valence-electron chi connectivity index (χ3n) is 7.47. The molecular weight excluding hydrogens is 663 g/mol. The minimum absolute atomic E-state index is 0.00620. The van der Waals surface area contributed by atoms with Crippen LogP contribution < -0.4 is 0 Å². The first-order chi connectivity index (χ1) is 24.8. The normalized spacial score (nSPS) is 14.4. The molecule has 2 atom stereocenters. The van der Waals surface area contributed by atoms with E-state index in [2.05, 4.69) is 80.7 Å². The van der Waals surface area contributed by atoms with Crippen LogP contribution in [-0.4, -0.2) is 42.8 Å². The molecule has 0 saturated carbocycles. The lowest BCUT2D eigenvalue weighted by Crippen LogP contribution is -2.29. The predicted octanol–water partition coefficient (Wildman–Crippen LogP) is 11.9. The molecule has 0 fully saturated rings. The lowest BCUT2D eigenvalue weighted by Gasteiger charge is -2.19. The monoisotopic (exact) mass is 732 g/mol. The van der Waals surface area contributed by atoms with Crippen LogP contribution >= 0.6 is 7.82 Å². The van der Waals surface area contributed by atoms with Crippen molar-refractivity contribution in [2.45, 2.75) is 149 Å². The Labute approximate surface area is 310 Å². The molecule has 0 radical (unpaired) electrons. The largest absolute Gasteiger partial charge is 0.472 e. The molecule has 0 aliphatic heterocycles. The number of allylic oxidation sites excluding steroid dienone is 13. The average Bonchev–Trinajstić information content (AvgIpc) is 3.10. The van der Waals surface area contributed by atoms with Crippen LogP contribution in [0.3, 0.4) is 0 Å². The lowest BCUT2D eigenvalue weighted by atomic mass is 10.1. The molecule has 8 nitrogen and oxygen atoms in total. The number of hydrogen-bond donors (Lipinski definition) is 1. The minimum Gasteiger partial charge on any atom is -0.462 e. The number of phosphoric ester groups is 1. The molecule has 0 amide bonds. The van der Waals surface area contributed by atoms with Crippen LogP contribution in [-0.2, 0) is 32.7 Å². The third-order valence-corrected chi connectivity index (χ3v) is 8.53. The van der Waals surface area contributed by atoms with Crippen molar-refractivity contribution in [3.05, 3.63) is 85.1 Å². The maximum absolute atomic E-state index is 12.4. The van der Waals surface area contributed by atoms with Gasteiger partial charge in [-0.2, -0.15) is 0 Å². The van der Waals surface area contributed by atoms with Crippen LogP contribution in [0.5, 0.6) is 0 Å². The third kappa shape index (κ3) is 36.8. The zero-order chi connectivity index (χ0) is 37.5. The molecule has 0 aromatic heterocycles. The van der Waals surface area contributed by atoms with Crippen LogP contribution in [0.15, 0.2) is 85.1 Å². The molecule has 0 aromatic rings. The van der Waals surface area contributed by atoms with E-state index in [4.69, 9.17) is 18.5 Å². The number of carbonyl (C=O) groups excluding carboxylic acids is 2. The molecule has 0 rings (SSSR count). The molecule has 0 bridgehead atoms. The summed E-state index contributed by atoms with van der Waals surface area (Å²) in [4.78, 5) is 34.5.